The molecule has 0 aromatic rings. The molecule has 4 N–H and O–H groups in total. The highest BCUT2D eigenvalue weighted by Gasteiger charge is 2.33. The van der Waals surface area contributed by atoms with Crippen LogP contribution in [-0.2, 0) is 0 Å². The van der Waals surface area contributed by atoms with E-state index in [0.29, 0.717) is 0 Å². The van der Waals surface area contributed by atoms with Gasteiger partial charge in [0.25, 0.3) is 0 Å². The van der Waals surface area contributed by atoms with Crippen molar-refractivity contribution in [3.05, 3.63) is 0 Å². The van der Waals surface area contributed by atoms with Gasteiger partial charge in [0.05, 0.1) is 0 Å². The summed E-state index contributed by atoms with van der Waals surface area (Å²) in [6, 6.07) is -0.830. The van der Waals surface area contributed by atoms with Crippen molar-refractivity contribution in [2.75, 3.05) is 13.1 Å². The van der Waals surface area contributed by atoms with E-state index in [9.17, 15) is 18.0 Å². The maximum atomic E-state index is 11.7. The van der Waals surface area contributed by atoms with Crippen LogP contribution in [0.5, 0.6) is 0 Å². The van der Waals surface area contributed by atoms with E-state index in [0.717, 1.165) is 19.3 Å². The number of hydrogen-bond donors (Lipinski definition) is 3. The second-order valence-electron chi connectivity index (χ2n) is 3.87. The maximum Gasteiger partial charge on any atom is 0.405 e. The SMILES string of the molecule is NC1(CNC(=O)NCC(F)(F)F)CCC1. The molecule has 0 aromatic heterocycles. The van der Waals surface area contributed by atoms with E-state index in [1.54, 1.807) is 5.32 Å². The first-order valence-electron chi connectivity index (χ1n) is 4.68. The van der Waals surface area contributed by atoms with Crippen LogP contribution in [0, 0.1) is 0 Å². The quantitative estimate of drug-likeness (QED) is 0.662. The van der Waals surface area contributed by atoms with Crippen molar-refractivity contribution < 1.29 is 18.0 Å². The standard InChI is InChI=1S/C8H14F3N3O/c9-8(10,11)5-14-6(15)13-4-7(12)2-1-3-7/h1-5,12H2,(H2,13,14,15). The molecule has 4 nitrogen and oxygen atoms in total. The van der Waals surface area contributed by atoms with Gasteiger partial charge in [-0.05, 0) is 19.3 Å². The molecule has 0 aliphatic heterocycles. The van der Waals surface area contributed by atoms with Crippen LogP contribution in [0.25, 0.3) is 0 Å². The topological polar surface area (TPSA) is 67.1 Å². The molecule has 1 aliphatic rings. The van der Waals surface area contributed by atoms with Gasteiger partial charge in [-0.2, -0.15) is 13.2 Å². The molecule has 0 unspecified atom stereocenters. The highest BCUT2D eigenvalue weighted by Crippen LogP contribution is 2.27. The van der Waals surface area contributed by atoms with E-state index < -0.39 is 24.3 Å². The molecule has 0 atom stereocenters. The minimum atomic E-state index is -4.38. The number of nitrogens with two attached hydrogens (primary N) is 1. The molecule has 0 bridgehead atoms. The Hall–Kier alpha value is -0.980. The minimum absolute atomic E-state index is 0.219. The monoisotopic (exact) mass is 225 g/mol. The summed E-state index contributed by atoms with van der Waals surface area (Å²) in [4.78, 5) is 10.9. The highest BCUT2D eigenvalue weighted by atomic mass is 19.4. The third kappa shape index (κ3) is 4.37. The average Bonchev–Trinajstić information content (AvgIpc) is 2.07. The Balaban J connectivity index is 2.14. The van der Waals surface area contributed by atoms with E-state index in [2.05, 4.69) is 5.32 Å². The van der Waals surface area contributed by atoms with Crippen LogP contribution in [0.2, 0.25) is 0 Å². The predicted molar refractivity (Wildman–Crippen MR) is 48.2 cm³/mol. The number of hydrogen-bond acceptors (Lipinski definition) is 2. The zero-order valence-corrected chi connectivity index (χ0v) is 8.16. The van der Waals surface area contributed by atoms with E-state index in [1.165, 1.54) is 0 Å². The Bertz CT molecular complexity index is 238. The summed E-state index contributed by atoms with van der Waals surface area (Å²) in [7, 11) is 0. The van der Waals surface area contributed by atoms with Crippen LogP contribution in [0.4, 0.5) is 18.0 Å². The van der Waals surface area contributed by atoms with Crippen molar-refractivity contribution >= 4 is 6.03 Å². The lowest BCUT2D eigenvalue weighted by Gasteiger charge is -2.38. The van der Waals surface area contributed by atoms with Gasteiger partial charge in [0.15, 0.2) is 0 Å². The summed E-state index contributed by atoms with van der Waals surface area (Å²) in [5.41, 5.74) is 5.35. The third-order valence-electron chi connectivity index (χ3n) is 2.40. The Morgan fingerprint density at radius 1 is 1.33 bits per heavy atom. The predicted octanol–water partition coefficient (Wildman–Crippen LogP) is 0.729. The van der Waals surface area contributed by atoms with Gasteiger partial charge in [0, 0.05) is 12.1 Å². The van der Waals surface area contributed by atoms with Gasteiger partial charge in [0.1, 0.15) is 6.54 Å². The molecule has 88 valence electrons. The van der Waals surface area contributed by atoms with Gasteiger partial charge in [-0.1, -0.05) is 0 Å². The Labute approximate surface area is 85.4 Å². The summed E-state index contributed by atoms with van der Waals surface area (Å²) < 4.78 is 35.1. The molecule has 0 heterocycles. The molecule has 0 saturated heterocycles. The van der Waals surface area contributed by atoms with Crippen LogP contribution < -0.4 is 16.4 Å². The van der Waals surface area contributed by atoms with Crippen molar-refractivity contribution in [1.29, 1.82) is 0 Å². The summed E-state index contributed by atoms with van der Waals surface area (Å²) in [5.74, 6) is 0. The van der Waals surface area contributed by atoms with Gasteiger partial charge in [-0.25, -0.2) is 4.79 Å². The van der Waals surface area contributed by atoms with E-state index >= 15 is 0 Å². The molecular weight excluding hydrogens is 211 g/mol. The highest BCUT2D eigenvalue weighted by molar-refractivity contribution is 5.73. The van der Waals surface area contributed by atoms with E-state index in [-0.39, 0.29) is 6.54 Å². The van der Waals surface area contributed by atoms with Crippen LogP contribution in [0.1, 0.15) is 19.3 Å². The molecule has 1 saturated carbocycles. The van der Waals surface area contributed by atoms with Crippen molar-refractivity contribution in [3.63, 3.8) is 0 Å². The normalized spacial score (nSPS) is 19.2. The molecule has 1 fully saturated rings. The molecule has 15 heavy (non-hydrogen) atoms. The second kappa shape index (κ2) is 4.26. The van der Waals surface area contributed by atoms with Crippen molar-refractivity contribution in [3.8, 4) is 0 Å². The summed E-state index contributed by atoms with van der Waals surface area (Å²) in [6.07, 6.45) is -1.78. The third-order valence-corrected chi connectivity index (χ3v) is 2.40. The van der Waals surface area contributed by atoms with Crippen LogP contribution in [0.3, 0.4) is 0 Å². The van der Waals surface area contributed by atoms with Crippen molar-refractivity contribution in [2.24, 2.45) is 5.73 Å². The van der Waals surface area contributed by atoms with Gasteiger partial charge in [-0.3, -0.25) is 0 Å². The number of urea groups is 1. The summed E-state index contributed by atoms with van der Waals surface area (Å²) in [5, 5.41) is 4.04. The molecule has 2 amide bonds. The van der Waals surface area contributed by atoms with Crippen LogP contribution in [-0.4, -0.2) is 30.8 Å². The first kappa shape index (κ1) is 12.1. The van der Waals surface area contributed by atoms with E-state index in [1.807, 2.05) is 0 Å². The fourth-order valence-corrected chi connectivity index (χ4v) is 1.31. The lowest BCUT2D eigenvalue weighted by Crippen LogP contribution is -2.56. The van der Waals surface area contributed by atoms with Gasteiger partial charge >= 0.3 is 12.2 Å². The largest absolute Gasteiger partial charge is 0.405 e. The average molecular weight is 225 g/mol. The van der Waals surface area contributed by atoms with Crippen LogP contribution >= 0.6 is 0 Å². The molecule has 1 rings (SSSR count). The number of amides is 2. The molecule has 0 spiro atoms. The first-order chi connectivity index (χ1) is 6.81. The number of carbonyl (C=O) groups is 1. The zero-order valence-electron chi connectivity index (χ0n) is 8.16. The fourth-order valence-electron chi connectivity index (χ4n) is 1.31. The molecule has 7 heteroatoms. The van der Waals surface area contributed by atoms with Gasteiger partial charge in [-0.15, -0.1) is 0 Å². The number of alkyl halides is 3. The minimum Gasteiger partial charge on any atom is -0.336 e. The van der Waals surface area contributed by atoms with Crippen molar-refractivity contribution in [1.82, 2.24) is 10.6 Å². The number of halogens is 3. The lowest BCUT2D eigenvalue weighted by molar-refractivity contribution is -0.122. The summed E-state index contributed by atoms with van der Waals surface area (Å²) in [6.45, 7) is -1.10. The van der Waals surface area contributed by atoms with E-state index in [4.69, 9.17) is 5.73 Å². The number of rotatable bonds is 3. The number of carbonyl (C=O) groups excluding carboxylic acids is 1. The second-order valence-corrected chi connectivity index (χ2v) is 3.87. The fraction of sp³-hybridized carbons (Fsp3) is 0.875. The Kier molecular flexibility index (Phi) is 3.43. The molecule has 0 aromatic carbocycles. The molecule has 0 radical (unpaired) electrons. The van der Waals surface area contributed by atoms with Gasteiger partial charge < -0.3 is 16.4 Å². The van der Waals surface area contributed by atoms with Gasteiger partial charge in [0.2, 0.25) is 0 Å². The lowest BCUT2D eigenvalue weighted by atomic mass is 9.78. The Morgan fingerprint density at radius 3 is 2.33 bits per heavy atom. The Morgan fingerprint density at radius 2 is 1.93 bits per heavy atom. The zero-order chi connectivity index (χ0) is 11.5. The molecule has 1 aliphatic carbocycles. The maximum absolute atomic E-state index is 11.7. The van der Waals surface area contributed by atoms with Crippen LogP contribution in [0.15, 0.2) is 0 Å². The molecular formula is C8H14F3N3O. The first-order valence-corrected chi connectivity index (χ1v) is 4.68. The summed E-state index contributed by atoms with van der Waals surface area (Å²) >= 11 is 0. The van der Waals surface area contributed by atoms with Crippen molar-refractivity contribution in [2.45, 2.75) is 31.0 Å². The smallest absolute Gasteiger partial charge is 0.336 e. The number of nitrogens with one attached hydrogen (secondary N) is 2.